The van der Waals surface area contributed by atoms with Crippen LogP contribution in [0.25, 0.3) is 0 Å². The lowest BCUT2D eigenvalue weighted by Gasteiger charge is -2.31. The third-order valence-corrected chi connectivity index (χ3v) is 3.34. The van der Waals surface area contributed by atoms with Gasteiger partial charge in [0.1, 0.15) is 24.7 Å². The van der Waals surface area contributed by atoms with Gasteiger partial charge in [0, 0.05) is 19.9 Å². The molecule has 0 amide bonds. The molecule has 1 aliphatic rings. The van der Waals surface area contributed by atoms with Gasteiger partial charge in [-0.05, 0) is 17.7 Å². The van der Waals surface area contributed by atoms with Gasteiger partial charge in [-0.1, -0.05) is 6.07 Å². The van der Waals surface area contributed by atoms with Gasteiger partial charge in [-0.2, -0.15) is 0 Å². The van der Waals surface area contributed by atoms with E-state index < -0.39 is 18.5 Å². The van der Waals surface area contributed by atoms with Crippen molar-refractivity contribution < 1.29 is 28.9 Å². The largest absolute Gasteiger partial charge is 0.463 e. The molecular weight excluding hydrogens is 290 g/mol. The van der Waals surface area contributed by atoms with E-state index in [2.05, 4.69) is 5.32 Å². The molecule has 0 aliphatic carbocycles. The van der Waals surface area contributed by atoms with Crippen molar-refractivity contribution in [3.05, 3.63) is 23.8 Å². The third kappa shape index (κ3) is 4.19. The Bertz CT molecular complexity index is 521. The van der Waals surface area contributed by atoms with Crippen LogP contribution in [-0.4, -0.2) is 43.4 Å². The Labute approximate surface area is 128 Å². The minimum atomic E-state index is -0.692. The molecule has 1 aromatic carbocycles. The van der Waals surface area contributed by atoms with Gasteiger partial charge in [0.25, 0.3) is 6.47 Å². The zero-order chi connectivity index (χ0) is 15.9. The topological polar surface area (TPSA) is 94.1 Å². The lowest BCUT2D eigenvalue weighted by atomic mass is 10.1. The summed E-state index contributed by atoms with van der Waals surface area (Å²) in [6.07, 6.45) is -0.742. The van der Waals surface area contributed by atoms with Gasteiger partial charge in [0.2, 0.25) is 6.29 Å². The van der Waals surface area contributed by atoms with Crippen LogP contribution in [0.1, 0.15) is 18.4 Å². The summed E-state index contributed by atoms with van der Waals surface area (Å²) in [5.41, 5.74) is 1.50. The highest BCUT2D eigenvalue weighted by Crippen LogP contribution is 2.29. The summed E-state index contributed by atoms with van der Waals surface area (Å²) in [6.45, 7) is 0.560. The number of hydrogen-bond acceptors (Lipinski definition) is 7. The number of aldehydes is 1. The molecule has 22 heavy (non-hydrogen) atoms. The van der Waals surface area contributed by atoms with Crippen LogP contribution in [0.4, 0.5) is 5.69 Å². The molecule has 3 unspecified atom stereocenters. The molecular formula is C15H19NO6. The van der Waals surface area contributed by atoms with E-state index >= 15 is 0 Å². The summed E-state index contributed by atoms with van der Waals surface area (Å²) >= 11 is 0. The molecule has 1 heterocycles. The second-order valence-electron chi connectivity index (χ2n) is 4.97. The fourth-order valence-electron chi connectivity index (χ4n) is 2.29. The van der Waals surface area contributed by atoms with Crippen molar-refractivity contribution in [1.29, 1.82) is 0 Å². The molecule has 0 aromatic heterocycles. The van der Waals surface area contributed by atoms with E-state index in [0.717, 1.165) is 5.56 Å². The van der Waals surface area contributed by atoms with Crippen LogP contribution in [-0.2, 0) is 25.7 Å². The molecule has 1 saturated heterocycles. The Morgan fingerprint density at radius 2 is 2.23 bits per heavy atom. The van der Waals surface area contributed by atoms with Crippen LogP contribution in [0, 0.1) is 0 Å². The molecule has 2 N–H and O–H groups in total. The van der Waals surface area contributed by atoms with E-state index in [1.165, 1.54) is 0 Å². The van der Waals surface area contributed by atoms with Crippen molar-refractivity contribution in [1.82, 2.24) is 0 Å². The molecule has 0 spiro atoms. The zero-order valence-electron chi connectivity index (χ0n) is 12.2. The highest BCUT2D eigenvalue weighted by molar-refractivity contribution is 5.58. The number of aliphatic hydroxyl groups excluding tert-OH is 1. The standard InChI is InChI=1S/C15H19NO6/c1-16-13-4-10(8-20-9-18)2-3-14(13)22-15-6-11(19)5-12(7-17)21-15/h2-4,7,9,11-12,15-16,19H,5-6,8H2,1H3. The molecule has 1 aromatic rings. The number of benzene rings is 1. The number of nitrogens with one attached hydrogen (secondary N) is 1. The zero-order valence-corrected chi connectivity index (χ0v) is 12.2. The van der Waals surface area contributed by atoms with Crippen molar-refractivity contribution in [3.63, 3.8) is 0 Å². The van der Waals surface area contributed by atoms with E-state index in [9.17, 15) is 14.7 Å². The number of carbonyl (C=O) groups is 2. The first kappa shape index (κ1) is 16.3. The third-order valence-electron chi connectivity index (χ3n) is 3.34. The maximum atomic E-state index is 10.8. The van der Waals surface area contributed by atoms with Gasteiger partial charge in [-0.3, -0.25) is 4.79 Å². The van der Waals surface area contributed by atoms with E-state index in [0.29, 0.717) is 30.6 Å². The van der Waals surface area contributed by atoms with Gasteiger partial charge in [0.15, 0.2) is 0 Å². The van der Waals surface area contributed by atoms with Crippen LogP contribution in [0.3, 0.4) is 0 Å². The predicted octanol–water partition coefficient (Wildman–Crippen LogP) is 0.845. The quantitative estimate of drug-likeness (QED) is 0.721. The van der Waals surface area contributed by atoms with Crippen molar-refractivity contribution in [2.45, 2.75) is 37.9 Å². The first-order chi connectivity index (χ1) is 10.7. The lowest BCUT2D eigenvalue weighted by Crippen LogP contribution is -2.39. The Hall–Kier alpha value is -2.12. The number of carbonyl (C=O) groups excluding carboxylic acids is 2. The minimum absolute atomic E-state index is 0.171. The van der Waals surface area contributed by atoms with Gasteiger partial charge >= 0.3 is 0 Å². The van der Waals surface area contributed by atoms with Gasteiger partial charge in [-0.25, -0.2) is 0 Å². The smallest absolute Gasteiger partial charge is 0.293 e. The predicted molar refractivity (Wildman–Crippen MR) is 77.4 cm³/mol. The van der Waals surface area contributed by atoms with E-state index in [1.807, 2.05) is 0 Å². The van der Waals surface area contributed by atoms with E-state index in [1.54, 1.807) is 25.2 Å². The fourth-order valence-corrected chi connectivity index (χ4v) is 2.29. The SMILES string of the molecule is CNc1cc(COC=O)ccc1OC1CC(O)CC(C=O)O1. The van der Waals surface area contributed by atoms with Crippen molar-refractivity contribution in [2.24, 2.45) is 0 Å². The van der Waals surface area contributed by atoms with Crippen molar-refractivity contribution in [3.8, 4) is 5.75 Å². The van der Waals surface area contributed by atoms with Crippen LogP contribution in [0.5, 0.6) is 5.75 Å². The van der Waals surface area contributed by atoms with E-state index in [-0.39, 0.29) is 13.0 Å². The maximum Gasteiger partial charge on any atom is 0.293 e. The molecule has 7 heteroatoms. The van der Waals surface area contributed by atoms with Crippen molar-refractivity contribution in [2.75, 3.05) is 12.4 Å². The Kier molecular flexibility index (Phi) is 5.74. The molecule has 120 valence electrons. The fraction of sp³-hybridized carbons (Fsp3) is 0.467. The molecule has 7 nitrogen and oxygen atoms in total. The Balaban J connectivity index is 2.07. The highest BCUT2D eigenvalue weighted by Gasteiger charge is 2.29. The number of anilines is 1. The molecule has 2 rings (SSSR count). The molecule has 0 bridgehead atoms. The number of hydrogen-bond donors (Lipinski definition) is 2. The lowest BCUT2D eigenvalue weighted by molar-refractivity contribution is -0.175. The molecule has 0 saturated carbocycles. The average molecular weight is 309 g/mol. The van der Waals surface area contributed by atoms with Crippen molar-refractivity contribution >= 4 is 18.4 Å². The molecule has 1 aliphatic heterocycles. The summed E-state index contributed by atoms with van der Waals surface area (Å²) < 4.78 is 15.9. The normalized spacial score (nSPS) is 24.4. The number of rotatable bonds is 7. The van der Waals surface area contributed by atoms with Crippen LogP contribution in [0.2, 0.25) is 0 Å². The summed E-state index contributed by atoms with van der Waals surface area (Å²) in [5.74, 6) is 0.529. The number of ether oxygens (including phenoxy) is 3. The Morgan fingerprint density at radius 3 is 2.91 bits per heavy atom. The average Bonchev–Trinajstić information content (AvgIpc) is 2.53. The summed E-state index contributed by atoms with van der Waals surface area (Å²) in [5, 5.41) is 12.7. The second-order valence-corrected chi connectivity index (χ2v) is 4.97. The highest BCUT2D eigenvalue weighted by atomic mass is 16.7. The molecule has 3 atom stereocenters. The first-order valence-corrected chi connectivity index (χ1v) is 6.97. The summed E-state index contributed by atoms with van der Waals surface area (Å²) in [7, 11) is 1.73. The maximum absolute atomic E-state index is 10.8. The van der Waals surface area contributed by atoms with Crippen LogP contribution >= 0.6 is 0 Å². The van der Waals surface area contributed by atoms with Gasteiger partial charge < -0.3 is 29.4 Å². The molecule has 0 radical (unpaired) electrons. The number of aliphatic hydroxyl groups is 1. The summed E-state index contributed by atoms with van der Waals surface area (Å²) in [6, 6.07) is 5.26. The second kappa shape index (κ2) is 7.77. The van der Waals surface area contributed by atoms with Gasteiger partial charge in [0.05, 0.1) is 11.8 Å². The van der Waals surface area contributed by atoms with E-state index in [4.69, 9.17) is 14.2 Å². The monoisotopic (exact) mass is 309 g/mol. The first-order valence-electron chi connectivity index (χ1n) is 6.97. The minimum Gasteiger partial charge on any atom is -0.463 e. The molecule has 1 fully saturated rings. The Morgan fingerprint density at radius 1 is 1.41 bits per heavy atom. The van der Waals surface area contributed by atoms with Gasteiger partial charge in [-0.15, -0.1) is 0 Å². The van der Waals surface area contributed by atoms with Crippen LogP contribution in [0.15, 0.2) is 18.2 Å². The van der Waals surface area contributed by atoms with Crippen LogP contribution < -0.4 is 10.1 Å². The summed E-state index contributed by atoms with van der Waals surface area (Å²) in [4.78, 5) is 21.0.